The van der Waals surface area contributed by atoms with Crippen molar-refractivity contribution in [3.63, 3.8) is 0 Å². The van der Waals surface area contributed by atoms with Crippen molar-refractivity contribution in [2.24, 2.45) is 17.4 Å². The van der Waals surface area contributed by atoms with Crippen molar-refractivity contribution in [2.75, 3.05) is 13.2 Å². The standard InChI is InChI=1S/C9H20N2O/c1-2-12-6-7-3-4-8(10)9(11)5-7/h7-9H,2-6,10-11H2,1H3/t7?,8-,9+/m0/s1. The Morgan fingerprint density at radius 3 is 2.58 bits per heavy atom. The highest BCUT2D eigenvalue weighted by Crippen LogP contribution is 2.22. The van der Waals surface area contributed by atoms with Crippen molar-refractivity contribution in [3.05, 3.63) is 0 Å². The molecule has 1 fully saturated rings. The van der Waals surface area contributed by atoms with Crippen LogP contribution in [0.5, 0.6) is 0 Å². The van der Waals surface area contributed by atoms with Gasteiger partial charge in [-0.1, -0.05) is 0 Å². The van der Waals surface area contributed by atoms with E-state index in [1.54, 1.807) is 0 Å². The minimum atomic E-state index is 0.184. The molecule has 0 aromatic rings. The van der Waals surface area contributed by atoms with E-state index in [4.69, 9.17) is 16.2 Å². The summed E-state index contributed by atoms with van der Waals surface area (Å²) >= 11 is 0. The smallest absolute Gasteiger partial charge is 0.0494 e. The van der Waals surface area contributed by atoms with Crippen LogP contribution in [0.4, 0.5) is 0 Å². The van der Waals surface area contributed by atoms with Gasteiger partial charge in [0, 0.05) is 25.3 Å². The number of hydrogen-bond acceptors (Lipinski definition) is 3. The fourth-order valence-corrected chi connectivity index (χ4v) is 1.76. The van der Waals surface area contributed by atoms with Crippen molar-refractivity contribution in [2.45, 2.75) is 38.3 Å². The van der Waals surface area contributed by atoms with E-state index in [0.717, 1.165) is 26.1 Å². The van der Waals surface area contributed by atoms with Crippen LogP contribution in [0.3, 0.4) is 0 Å². The minimum Gasteiger partial charge on any atom is -0.381 e. The molecule has 0 radical (unpaired) electrons. The molecule has 0 aromatic carbocycles. The Labute approximate surface area is 74.4 Å². The highest BCUT2D eigenvalue weighted by Gasteiger charge is 2.24. The van der Waals surface area contributed by atoms with E-state index in [1.165, 1.54) is 6.42 Å². The van der Waals surface area contributed by atoms with Crippen molar-refractivity contribution < 1.29 is 4.74 Å². The van der Waals surface area contributed by atoms with Crippen molar-refractivity contribution in [3.8, 4) is 0 Å². The molecule has 12 heavy (non-hydrogen) atoms. The van der Waals surface area contributed by atoms with Gasteiger partial charge in [0.2, 0.25) is 0 Å². The molecule has 3 heteroatoms. The van der Waals surface area contributed by atoms with Gasteiger partial charge in [-0.3, -0.25) is 0 Å². The number of ether oxygens (including phenoxy) is 1. The first-order valence-corrected chi connectivity index (χ1v) is 4.83. The Kier molecular flexibility index (Phi) is 3.98. The minimum absolute atomic E-state index is 0.184. The third kappa shape index (κ3) is 2.73. The third-order valence-corrected chi connectivity index (χ3v) is 2.62. The summed E-state index contributed by atoms with van der Waals surface area (Å²) in [7, 11) is 0. The number of hydrogen-bond donors (Lipinski definition) is 2. The topological polar surface area (TPSA) is 61.3 Å². The Morgan fingerprint density at radius 2 is 2.00 bits per heavy atom. The highest BCUT2D eigenvalue weighted by molar-refractivity contribution is 4.84. The normalized spacial score (nSPS) is 36.8. The SMILES string of the molecule is CCOCC1CC[C@H](N)[C@H](N)C1. The van der Waals surface area contributed by atoms with Crippen LogP contribution >= 0.6 is 0 Å². The van der Waals surface area contributed by atoms with Gasteiger partial charge in [0.15, 0.2) is 0 Å². The second-order valence-corrected chi connectivity index (χ2v) is 3.67. The van der Waals surface area contributed by atoms with Crippen LogP contribution in [-0.2, 0) is 4.74 Å². The van der Waals surface area contributed by atoms with Gasteiger partial charge < -0.3 is 16.2 Å². The molecule has 0 saturated heterocycles. The van der Waals surface area contributed by atoms with Gasteiger partial charge in [-0.05, 0) is 32.1 Å². The molecule has 1 saturated carbocycles. The lowest BCUT2D eigenvalue weighted by Crippen LogP contribution is -2.46. The van der Waals surface area contributed by atoms with Gasteiger partial charge in [-0.15, -0.1) is 0 Å². The fourth-order valence-electron chi connectivity index (χ4n) is 1.76. The predicted molar refractivity (Wildman–Crippen MR) is 49.8 cm³/mol. The molecule has 3 atom stereocenters. The molecule has 0 amide bonds. The first kappa shape index (κ1) is 9.96. The highest BCUT2D eigenvalue weighted by atomic mass is 16.5. The van der Waals surface area contributed by atoms with Crippen LogP contribution in [0.25, 0.3) is 0 Å². The molecule has 1 rings (SSSR count). The predicted octanol–water partition coefficient (Wildman–Crippen LogP) is 0.478. The molecule has 72 valence electrons. The van der Waals surface area contributed by atoms with E-state index >= 15 is 0 Å². The van der Waals surface area contributed by atoms with E-state index in [-0.39, 0.29) is 12.1 Å². The summed E-state index contributed by atoms with van der Waals surface area (Å²) in [6.07, 6.45) is 3.26. The zero-order valence-electron chi connectivity index (χ0n) is 7.83. The van der Waals surface area contributed by atoms with Gasteiger partial charge in [0.1, 0.15) is 0 Å². The molecule has 1 aliphatic rings. The molecule has 0 spiro atoms. The molecule has 1 aliphatic carbocycles. The summed E-state index contributed by atoms with van der Waals surface area (Å²) in [5, 5.41) is 0. The second-order valence-electron chi connectivity index (χ2n) is 3.67. The number of nitrogens with two attached hydrogens (primary N) is 2. The van der Waals surface area contributed by atoms with E-state index in [2.05, 4.69) is 0 Å². The zero-order valence-corrected chi connectivity index (χ0v) is 7.83. The van der Waals surface area contributed by atoms with Crippen molar-refractivity contribution in [1.82, 2.24) is 0 Å². The quantitative estimate of drug-likeness (QED) is 0.651. The fraction of sp³-hybridized carbons (Fsp3) is 1.00. The molecule has 3 nitrogen and oxygen atoms in total. The van der Waals surface area contributed by atoms with Crippen LogP contribution in [0.1, 0.15) is 26.2 Å². The van der Waals surface area contributed by atoms with Crippen LogP contribution in [0, 0.1) is 5.92 Å². The third-order valence-electron chi connectivity index (χ3n) is 2.62. The molecule has 0 aliphatic heterocycles. The van der Waals surface area contributed by atoms with Crippen LogP contribution in [0.15, 0.2) is 0 Å². The molecule has 0 heterocycles. The van der Waals surface area contributed by atoms with Crippen molar-refractivity contribution in [1.29, 1.82) is 0 Å². The Balaban J connectivity index is 2.21. The maximum Gasteiger partial charge on any atom is 0.0494 e. The number of rotatable bonds is 3. The zero-order chi connectivity index (χ0) is 8.97. The molecule has 1 unspecified atom stereocenters. The summed E-state index contributed by atoms with van der Waals surface area (Å²) in [6, 6.07) is 0.395. The lowest BCUT2D eigenvalue weighted by Gasteiger charge is -2.31. The average Bonchev–Trinajstić information content (AvgIpc) is 2.07. The Hall–Kier alpha value is -0.120. The lowest BCUT2D eigenvalue weighted by molar-refractivity contribution is 0.0879. The summed E-state index contributed by atoms with van der Waals surface area (Å²) in [6.45, 7) is 3.68. The lowest BCUT2D eigenvalue weighted by atomic mass is 9.84. The maximum absolute atomic E-state index is 5.86. The average molecular weight is 172 g/mol. The van der Waals surface area contributed by atoms with Gasteiger partial charge in [-0.2, -0.15) is 0 Å². The molecular weight excluding hydrogens is 152 g/mol. The van der Waals surface area contributed by atoms with Gasteiger partial charge in [-0.25, -0.2) is 0 Å². The van der Waals surface area contributed by atoms with E-state index < -0.39 is 0 Å². The van der Waals surface area contributed by atoms with Crippen LogP contribution in [0.2, 0.25) is 0 Å². The molecule has 4 N–H and O–H groups in total. The monoisotopic (exact) mass is 172 g/mol. The van der Waals surface area contributed by atoms with E-state index in [0.29, 0.717) is 5.92 Å². The van der Waals surface area contributed by atoms with Crippen LogP contribution in [-0.4, -0.2) is 25.3 Å². The Bertz CT molecular complexity index is 128. The second kappa shape index (κ2) is 4.80. The summed E-state index contributed by atoms with van der Waals surface area (Å²) in [5.74, 6) is 0.639. The molecular formula is C9H20N2O. The van der Waals surface area contributed by atoms with Crippen LogP contribution < -0.4 is 11.5 Å². The summed E-state index contributed by atoms with van der Waals surface area (Å²) < 4.78 is 5.36. The van der Waals surface area contributed by atoms with E-state index in [1.807, 2.05) is 6.92 Å². The van der Waals surface area contributed by atoms with Gasteiger partial charge in [0.25, 0.3) is 0 Å². The maximum atomic E-state index is 5.86. The van der Waals surface area contributed by atoms with Crippen molar-refractivity contribution >= 4 is 0 Å². The van der Waals surface area contributed by atoms with E-state index in [9.17, 15) is 0 Å². The Morgan fingerprint density at radius 1 is 1.25 bits per heavy atom. The summed E-state index contributed by atoms with van der Waals surface area (Å²) in [4.78, 5) is 0. The summed E-state index contributed by atoms with van der Waals surface area (Å²) in [5.41, 5.74) is 11.7. The molecule has 0 bridgehead atoms. The molecule has 0 aromatic heterocycles. The van der Waals surface area contributed by atoms with Gasteiger partial charge in [0.05, 0.1) is 0 Å². The first-order chi connectivity index (χ1) is 5.74. The first-order valence-electron chi connectivity index (χ1n) is 4.83. The van der Waals surface area contributed by atoms with Gasteiger partial charge >= 0.3 is 0 Å². The largest absolute Gasteiger partial charge is 0.381 e.